The molecule has 57 heavy (non-hydrogen) atoms. The fraction of sp³-hybridized carbons (Fsp3) is 0. The van der Waals surface area contributed by atoms with Crippen LogP contribution in [0.2, 0.25) is 0 Å². The van der Waals surface area contributed by atoms with E-state index in [2.05, 4.69) is 149 Å². The summed E-state index contributed by atoms with van der Waals surface area (Å²) in [5.41, 5.74) is 10.8. The molecule has 4 aromatic heterocycles. The maximum Gasteiger partial charge on any atom is 0.166 e. The van der Waals surface area contributed by atoms with Crippen molar-refractivity contribution in [1.29, 1.82) is 0 Å². The van der Waals surface area contributed by atoms with Crippen LogP contribution in [0.1, 0.15) is 0 Å². The van der Waals surface area contributed by atoms with Crippen LogP contribution in [-0.4, -0.2) is 24.1 Å². The first-order valence-electron chi connectivity index (χ1n) is 19.1. The number of para-hydroxylation sites is 4. The van der Waals surface area contributed by atoms with Gasteiger partial charge in [0.05, 0.1) is 33.1 Å². The predicted octanol–water partition coefficient (Wildman–Crippen LogP) is 13.0. The molecule has 0 fully saturated rings. The molecule has 0 aliphatic rings. The summed E-state index contributed by atoms with van der Waals surface area (Å²) < 4.78 is 11.3. The summed E-state index contributed by atoms with van der Waals surface area (Å²) in [6, 6.07) is 65.5. The van der Waals surface area contributed by atoms with Crippen molar-refractivity contribution < 1.29 is 4.42 Å². The molecule has 4 heterocycles. The van der Waals surface area contributed by atoms with E-state index in [-0.39, 0.29) is 0 Å². The van der Waals surface area contributed by atoms with Gasteiger partial charge in [-0.15, -0.1) is 0 Å². The van der Waals surface area contributed by atoms with Crippen molar-refractivity contribution in [1.82, 2.24) is 24.1 Å². The van der Waals surface area contributed by atoms with Gasteiger partial charge in [-0.25, -0.2) is 15.0 Å². The van der Waals surface area contributed by atoms with Crippen molar-refractivity contribution >= 4 is 65.6 Å². The minimum absolute atomic E-state index is 0.585. The second-order valence-corrected chi connectivity index (χ2v) is 14.4. The van der Waals surface area contributed by atoms with E-state index in [1.807, 2.05) is 48.5 Å². The first-order chi connectivity index (χ1) is 28.3. The number of hydrogen-bond acceptors (Lipinski definition) is 4. The highest BCUT2D eigenvalue weighted by Gasteiger charge is 2.23. The van der Waals surface area contributed by atoms with E-state index in [4.69, 9.17) is 19.4 Å². The van der Waals surface area contributed by atoms with Crippen LogP contribution in [0.15, 0.2) is 192 Å². The van der Waals surface area contributed by atoms with Crippen LogP contribution in [-0.2, 0) is 0 Å². The molecule has 6 heteroatoms. The summed E-state index contributed by atoms with van der Waals surface area (Å²) in [4.78, 5) is 15.6. The lowest BCUT2D eigenvalue weighted by molar-refractivity contribution is 0.673. The fourth-order valence-corrected chi connectivity index (χ4v) is 8.66. The highest BCUT2D eigenvalue weighted by molar-refractivity contribution is 6.24. The molecule has 266 valence electrons. The predicted molar refractivity (Wildman–Crippen MR) is 232 cm³/mol. The third-order valence-corrected chi connectivity index (χ3v) is 11.2. The number of furan rings is 1. The van der Waals surface area contributed by atoms with E-state index in [1.165, 1.54) is 10.8 Å². The van der Waals surface area contributed by atoms with Crippen molar-refractivity contribution in [2.75, 3.05) is 0 Å². The van der Waals surface area contributed by atoms with E-state index in [0.717, 1.165) is 82.8 Å². The number of hydrogen-bond donors (Lipinski definition) is 0. The zero-order valence-corrected chi connectivity index (χ0v) is 30.5. The van der Waals surface area contributed by atoms with Gasteiger partial charge in [0.25, 0.3) is 0 Å². The molecule has 0 saturated heterocycles. The van der Waals surface area contributed by atoms with Crippen LogP contribution in [0.5, 0.6) is 0 Å². The molecule has 0 bridgehead atoms. The van der Waals surface area contributed by atoms with Crippen LogP contribution < -0.4 is 0 Å². The fourth-order valence-electron chi connectivity index (χ4n) is 8.66. The zero-order valence-electron chi connectivity index (χ0n) is 30.5. The summed E-state index contributed by atoms with van der Waals surface area (Å²) in [6.45, 7) is 0. The number of nitrogens with zero attached hydrogens (tertiary/aromatic N) is 5. The SMILES string of the molecule is c1ccc(-c2nc(-c3ccccc3)nc(-c3cc(-n4c5ccccc5c5c6oc7ccccc7c6ccc54)ccc3-n3c4ccccc4c4ccccc43)n2)cc1. The first-order valence-corrected chi connectivity index (χ1v) is 19.1. The Hall–Kier alpha value is -7.83. The third-order valence-electron chi connectivity index (χ3n) is 11.2. The van der Waals surface area contributed by atoms with Gasteiger partial charge in [-0.1, -0.05) is 133 Å². The molecule has 0 atom stereocenters. The van der Waals surface area contributed by atoms with Gasteiger partial charge in [0.15, 0.2) is 17.5 Å². The molecule has 12 aromatic rings. The molecular weight excluding hydrogens is 699 g/mol. The van der Waals surface area contributed by atoms with Crippen molar-refractivity contribution in [2.45, 2.75) is 0 Å². The Morgan fingerprint density at radius 1 is 0.368 bits per heavy atom. The average molecular weight is 730 g/mol. The zero-order chi connectivity index (χ0) is 37.5. The molecule has 0 amide bonds. The highest BCUT2D eigenvalue weighted by Crippen LogP contribution is 2.42. The lowest BCUT2D eigenvalue weighted by Crippen LogP contribution is -2.05. The molecule has 0 spiro atoms. The standard InChI is InChI=1S/C51H31N5O/c1-3-15-32(16-4-1)49-52-50(33-17-5-2-6-18-33)54-51(53-49)40-31-34(27-29-44(40)56-41-23-11-7-19-35(41)36-20-8-12-24-42(36)56)55-43-25-13-9-22-39(43)47-45(55)30-28-38-37-21-10-14-26-46(37)57-48(38)47/h1-31H. The second kappa shape index (κ2) is 12.3. The van der Waals surface area contributed by atoms with E-state index >= 15 is 0 Å². The number of fused-ring (bicyclic) bond motifs is 10. The van der Waals surface area contributed by atoms with Gasteiger partial charge in [-0.3, -0.25) is 0 Å². The Bertz CT molecular complexity index is 3410. The minimum atomic E-state index is 0.585. The summed E-state index contributed by atoms with van der Waals surface area (Å²) in [6.07, 6.45) is 0. The lowest BCUT2D eigenvalue weighted by atomic mass is 10.1. The molecule has 0 unspecified atom stereocenters. The maximum absolute atomic E-state index is 6.63. The van der Waals surface area contributed by atoms with Crippen LogP contribution in [0, 0.1) is 0 Å². The molecule has 0 aliphatic heterocycles. The Kier molecular flexibility index (Phi) is 6.83. The van der Waals surface area contributed by atoms with Gasteiger partial charge >= 0.3 is 0 Å². The van der Waals surface area contributed by atoms with Gasteiger partial charge in [-0.2, -0.15) is 0 Å². The molecule has 0 N–H and O–H groups in total. The molecular formula is C51H31N5O. The van der Waals surface area contributed by atoms with Gasteiger partial charge in [0.2, 0.25) is 0 Å². The summed E-state index contributed by atoms with van der Waals surface area (Å²) in [5, 5.41) is 6.81. The largest absolute Gasteiger partial charge is 0.455 e. The summed E-state index contributed by atoms with van der Waals surface area (Å²) >= 11 is 0. The van der Waals surface area contributed by atoms with Gasteiger partial charge in [0, 0.05) is 49.3 Å². The summed E-state index contributed by atoms with van der Waals surface area (Å²) in [5.74, 6) is 1.81. The van der Waals surface area contributed by atoms with Crippen LogP contribution in [0.4, 0.5) is 0 Å². The molecule has 0 aliphatic carbocycles. The van der Waals surface area contributed by atoms with E-state index in [0.29, 0.717) is 17.5 Å². The van der Waals surface area contributed by atoms with Gasteiger partial charge < -0.3 is 13.6 Å². The van der Waals surface area contributed by atoms with E-state index in [1.54, 1.807) is 0 Å². The Labute approximate surface area is 326 Å². The molecule has 12 rings (SSSR count). The molecule has 6 nitrogen and oxygen atoms in total. The van der Waals surface area contributed by atoms with Gasteiger partial charge in [0.1, 0.15) is 11.2 Å². The number of aromatic nitrogens is 5. The second-order valence-electron chi connectivity index (χ2n) is 14.4. The minimum Gasteiger partial charge on any atom is -0.455 e. The van der Waals surface area contributed by atoms with Crippen molar-refractivity contribution in [3.8, 4) is 45.5 Å². The molecule has 0 saturated carbocycles. The van der Waals surface area contributed by atoms with Crippen LogP contribution in [0.25, 0.3) is 111 Å². The normalized spacial score (nSPS) is 11.9. The Morgan fingerprint density at radius 3 is 1.54 bits per heavy atom. The highest BCUT2D eigenvalue weighted by atomic mass is 16.3. The first kappa shape index (κ1) is 31.5. The van der Waals surface area contributed by atoms with Crippen molar-refractivity contribution in [3.05, 3.63) is 188 Å². The smallest absolute Gasteiger partial charge is 0.166 e. The Morgan fingerprint density at radius 2 is 0.895 bits per heavy atom. The van der Waals surface area contributed by atoms with Crippen LogP contribution in [0.3, 0.4) is 0 Å². The number of benzene rings is 8. The van der Waals surface area contributed by atoms with Gasteiger partial charge in [-0.05, 0) is 54.6 Å². The molecule has 8 aromatic carbocycles. The van der Waals surface area contributed by atoms with E-state index in [9.17, 15) is 0 Å². The van der Waals surface area contributed by atoms with Crippen LogP contribution >= 0.6 is 0 Å². The van der Waals surface area contributed by atoms with E-state index < -0.39 is 0 Å². The monoisotopic (exact) mass is 729 g/mol. The topological polar surface area (TPSA) is 61.7 Å². The number of rotatable bonds is 5. The quantitative estimate of drug-likeness (QED) is 0.177. The third kappa shape index (κ3) is 4.81. The average Bonchev–Trinajstić information content (AvgIpc) is 3.94. The van der Waals surface area contributed by atoms with Crippen molar-refractivity contribution in [2.24, 2.45) is 0 Å². The molecule has 0 radical (unpaired) electrons. The van der Waals surface area contributed by atoms with Crippen molar-refractivity contribution in [3.63, 3.8) is 0 Å². The lowest BCUT2D eigenvalue weighted by Gasteiger charge is -2.17. The summed E-state index contributed by atoms with van der Waals surface area (Å²) in [7, 11) is 0. The Balaban J connectivity index is 1.19. The maximum atomic E-state index is 6.63.